The van der Waals surface area contributed by atoms with E-state index in [4.69, 9.17) is 0 Å². The summed E-state index contributed by atoms with van der Waals surface area (Å²) in [5.74, 6) is 1.70. The fourth-order valence-electron chi connectivity index (χ4n) is 2.33. The van der Waals surface area contributed by atoms with Crippen LogP contribution in [0.25, 0.3) is 0 Å². The fraction of sp³-hybridized carbons (Fsp3) is 0.350. The van der Waals surface area contributed by atoms with Gasteiger partial charge in [0.1, 0.15) is 11.5 Å². The summed E-state index contributed by atoms with van der Waals surface area (Å²) in [6.07, 6.45) is 3.26. The molecule has 0 unspecified atom stereocenters. The second-order valence-corrected chi connectivity index (χ2v) is 7.36. The highest BCUT2D eigenvalue weighted by molar-refractivity contribution is 8.00. The molecule has 0 bridgehead atoms. The van der Waals surface area contributed by atoms with E-state index in [1.165, 1.54) is 18.0 Å². The Labute approximate surface area is 170 Å². The van der Waals surface area contributed by atoms with Gasteiger partial charge in [-0.1, -0.05) is 31.5 Å². The smallest absolute Gasteiger partial charge is 0.224 e. The first-order valence-electron chi connectivity index (χ1n) is 9.07. The zero-order valence-corrected chi connectivity index (χ0v) is 17.8. The van der Waals surface area contributed by atoms with Crippen LogP contribution in [0.2, 0.25) is 0 Å². The lowest BCUT2D eigenvalue weighted by molar-refractivity contribution is 0.632. The van der Waals surface area contributed by atoms with Crippen molar-refractivity contribution in [2.24, 2.45) is 4.99 Å². The standard InChI is InChI=1S/C20H27FN6S/c1-7-16(14-9-10-17(15(21)11-14)26-28-8-2)24-18-12-23-20(22-5)25-19(18)27(6)13(3)4/h7,9-13,26H,1,8H2,2-6H3,(H,22,23,25)/b24-16+. The number of nitrogens with zero attached hydrogens (tertiary/aromatic N) is 4. The van der Waals surface area contributed by atoms with Crippen LogP contribution in [0.5, 0.6) is 0 Å². The molecule has 8 heteroatoms. The number of halogens is 1. The molecule has 0 fully saturated rings. The molecule has 0 atom stereocenters. The molecule has 150 valence electrons. The van der Waals surface area contributed by atoms with Gasteiger partial charge in [-0.25, -0.2) is 14.4 Å². The molecule has 0 saturated heterocycles. The molecular weight excluding hydrogens is 375 g/mol. The molecule has 0 aliphatic carbocycles. The largest absolute Gasteiger partial charge is 0.357 e. The molecule has 2 aromatic rings. The van der Waals surface area contributed by atoms with Crippen LogP contribution in [0, 0.1) is 5.82 Å². The Balaban J connectivity index is 2.47. The highest BCUT2D eigenvalue weighted by Gasteiger charge is 2.15. The molecule has 0 saturated carbocycles. The number of anilines is 3. The molecule has 1 heterocycles. The molecule has 1 aromatic carbocycles. The zero-order valence-electron chi connectivity index (χ0n) is 17.0. The number of aromatic nitrogens is 2. The predicted octanol–water partition coefficient (Wildman–Crippen LogP) is 4.89. The van der Waals surface area contributed by atoms with Gasteiger partial charge in [-0.15, -0.1) is 0 Å². The second-order valence-electron chi connectivity index (χ2n) is 6.29. The van der Waals surface area contributed by atoms with Gasteiger partial charge in [0.15, 0.2) is 5.82 Å². The van der Waals surface area contributed by atoms with Gasteiger partial charge in [0.05, 0.1) is 17.6 Å². The molecule has 6 nitrogen and oxygen atoms in total. The Morgan fingerprint density at radius 3 is 2.75 bits per heavy atom. The van der Waals surface area contributed by atoms with Gasteiger partial charge in [0.25, 0.3) is 0 Å². The SMILES string of the molecule is C=C/C(=N\c1cnc(NC)nc1N(C)C(C)C)c1ccc(NSCC)c(F)c1. The van der Waals surface area contributed by atoms with Crippen LogP contribution >= 0.6 is 11.9 Å². The quantitative estimate of drug-likeness (QED) is 0.460. The minimum atomic E-state index is -0.339. The van der Waals surface area contributed by atoms with E-state index < -0.39 is 0 Å². The third-order valence-electron chi connectivity index (χ3n) is 4.11. The van der Waals surface area contributed by atoms with Crippen molar-refractivity contribution in [1.82, 2.24) is 9.97 Å². The number of hydrogen-bond acceptors (Lipinski definition) is 7. The molecular formula is C20H27FN6S. The van der Waals surface area contributed by atoms with Crippen LogP contribution in [0.3, 0.4) is 0 Å². The lowest BCUT2D eigenvalue weighted by Crippen LogP contribution is -2.27. The van der Waals surface area contributed by atoms with Gasteiger partial charge in [-0.3, -0.25) is 0 Å². The van der Waals surface area contributed by atoms with Crippen molar-refractivity contribution < 1.29 is 4.39 Å². The van der Waals surface area contributed by atoms with Gasteiger partial charge in [0, 0.05) is 31.5 Å². The van der Waals surface area contributed by atoms with E-state index in [1.54, 1.807) is 25.4 Å². The van der Waals surface area contributed by atoms with Crippen LogP contribution in [-0.2, 0) is 0 Å². The van der Waals surface area contributed by atoms with Crippen LogP contribution in [0.15, 0.2) is 42.0 Å². The van der Waals surface area contributed by atoms with Gasteiger partial charge in [0.2, 0.25) is 5.95 Å². The topological polar surface area (TPSA) is 65.4 Å². The van der Waals surface area contributed by atoms with Crippen molar-refractivity contribution in [3.8, 4) is 0 Å². The summed E-state index contributed by atoms with van der Waals surface area (Å²) in [4.78, 5) is 15.5. The highest BCUT2D eigenvalue weighted by Crippen LogP contribution is 2.29. The number of benzene rings is 1. The van der Waals surface area contributed by atoms with Crippen molar-refractivity contribution in [3.05, 3.63) is 48.4 Å². The van der Waals surface area contributed by atoms with Gasteiger partial charge >= 0.3 is 0 Å². The second kappa shape index (κ2) is 10.1. The van der Waals surface area contributed by atoms with E-state index in [1.807, 2.05) is 24.9 Å². The van der Waals surface area contributed by atoms with Crippen molar-refractivity contribution in [3.63, 3.8) is 0 Å². The Hall–Kier alpha value is -2.61. The maximum Gasteiger partial charge on any atom is 0.224 e. The predicted molar refractivity (Wildman–Crippen MR) is 120 cm³/mol. The summed E-state index contributed by atoms with van der Waals surface area (Å²) < 4.78 is 17.4. The molecule has 0 amide bonds. The van der Waals surface area contributed by atoms with Crippen molar-refractivity contribution in [2.45, 2.75) is 26.8 Å². The Morgan fingerprint density at radius 2 is 2.18 bits per heavy atom. The van der Waals surface area contributed by atoms with E-state index in [9.17, 15) is 4.39 Å². The normalized spacial score (nSPS) is 11.5. The Kier molecular flexibility index (Phi) is 7.80. The fourth-order valence-corrected chi connectivity index (χ4v) is 2.80. The molecule has 2 rings (SSSR count). The molecule has 0 spiro atoms. The molecule has 2 N–H and O–H groups in total. The molecule has 0 aliphatic rings. The summed E-state index contributed by atoms with van der Waals surface area (Å²) in [5.41, 5.74) is 2.22. The van der Waals surface area contributed by atoms with Crippen molar-refractivity contribution in [1.29, 1.82) is 0 Å². The van der Waals surface area contributed by atoms with E-state index in [0.29, 0.717) is 34.4 Å². The summed E-state index contributed by atoms with van der Waals surface area (Å²) >= 11 is 1.44. The minimum absolute atomic E-state index is 0.222. The monoisotopic (exact) mass is 402 g/mol. The zero-order chi connectivity index (χ0) is 20.7. The number of allylic oxidation sites excluding steroid dienone is 1. The molecule has 1 aromatic heterocycles. The lowest BCUT2D eigenvalue weighted by Gasteiger charge is -2.24. The summed E-state index contributed by atoms with van der Waals surface area (Å²) in [7, 11) is 3.71. The summed E-state index contributed by atoms with van der Waals surface area (Å²) in [6, 6.07) is 5.19. The number of aliphatic imine (C=N–C) groups is 1. The van der Waals surface area contributed by atoms with E-state index in [2.05, 4.69) is 45.4 Å². The van der Waals surface area contributed by atoms with E-state index in [0.717, 1.165) is 5.75 Å². The molecule has 0 radical (unpaired) electrons. The maximum absolute atomic E-state index is 14.4. The lowest BCUT2D eigenvalue weighted by atomic mass is 10.1. The van der Waals surface area contributed by atoms with Crippen LogP contribution in [-0.4, -0.2) is 41.6 Å². The maximum atomic E-state index is 14.4. The minimum Gasteiger partial charge on any atom is -0.357 e. The number of rotatable bonds is 9. The third kappa shape index (κ3) is 5.22. The van der Waals surface area contributed by atoms with Gasteiger partial charge < -0.3 is 14.9 Å². The van der Waals surface area contributed by atoms with E-state index in [-0.39, 0.29) is 11.9 Å². The van der Waals surface area contributed by atoms with Crippen LogP contribution in [0.4, 0.5) is 27.5 Å². The van der Waals surface area contributed by atoms with Crippen LogP contribution < -0.4 is 14.9 Å². The summed E-state index contributed by atoms with van der Waals surface area (Å²) in [5, 5.41) is 2.94. The van der Waals surface area contributed by atoms with Crippen molar-refractivity contribution >= 4 is 40.8 Å². The van der Waals surface area contributed by atoms with Gasteiger partial charge in [-0.2, -0.15) is 4.98 Å². The van der Waals surface area contributed by atoms with Gasteiger partial charge in [-0.05, 0) is 32.1 Å². The van der Waals surface area contributed by atoms with Crippen molar-refractivity contribution in [2.75, 3.05) is 34.8 Å². The first-order valence-corrected chi connectivity index (χ1v) is 10.1. The molecule has 28 heavy (non-hydrogen) atoms. The first kappa shape index (κ1) is 21.7. The average Bonchev–Trinajstić information content (AvgIpc) is 2.70. The average molecular weight is 403 g/mol. The third-order valence-corrected chi connectivity index (χ3v) is 4.76. The van der Waals surface area contributed by atoms with E-state index >= 15 is 0 Å². The Morgan fingerprint density at radius 1 is 1.43 bits per heavy atom. The number of nitrogens with one attached hydrogen (secondary N) is 2. The number of hydrogen-bond donors (Lipinski definition) is 2. The highest BCUT2D eigenvalue weighted by atomic mass is 32.2. The first-order chi connectivity index (χ1) is 13.4. The Bertz CT molecular complexity index is 853. The summed E-state index contributed by atoms with van der Waals surface area (Å²) in [6.45, 7) is 9.97. The van der Waals surface area contributed by atoms with Crippen LogP contribution in [0.1, 0.15) is 26.3 Å². The molecule has 0 aliphatic heterocycles.